The topological polar surface area (TPSA) is 114 Å². The predicted octanol–water partition coefficient (Wildman–Crippen LogP) is 5.67. The van der Waals surface area contributed by atoms with Crippen LogP contribution in [0, 0.1) is 0 Å². The SMILES string of the molecule is NC(=O)c1c2c(n(-c3ccc(C(F)(F)F)cc3)c1Cl)CCN(C(=O)Nc1ccc(S(=O)(=O)c3ccccc3)cc1)C2. The number of alkyl halides is 3. The highest BCUT2D eigenvalue weighted by Gasteiger charge is 2.33. The van der Waals surface area contributed by atoms with Gasteiger partial charge < -0.3 is 20.5 Å². The van der Waals surface area contributed by atoms with Crippen LogP contribution in [-0.2, 0) is 29.0 Å². The maximum atomic E-state index is 13.1. The van der Waals surface area contributed by atoms with Gasteiger partial charge in [-0.3, -0.25) is 4.79 Å². The standard InChI is InChI=1S/C28H22ClF3N4O4S/c29-25-24(26(33)37)22-16-35(15-14-23(22)36(25)19-10-6-17(7-11-19)28(30,31)32)27(38)34-18-8-12-21(13-9-18)41(39,40)20-4-2-1-3-5-20/h1-13H,14-16H2,(H2,33,37)(H,34,38). The van der Waals surface area contributed by atoms with Gasteiger partial charge in [-0.25, -0.2) is 13.2 Å². The summed E-state index contributed by atoms with van der Waals surface area (Å²) in [5, 5.41) is 2.66. The van der Waals surface area contributed by atoms with Crippen molar-refractivity contribution < 1.29 is 31.2 Å². The number of fused-ring (bicyclic) bond motifs is 1. The van der Waals surface area contributed by atoms with Crippen LogP contribution in [0.15, 0.2) is 88.7 Å². The van der Waals surface area contributed by atoms with Crippen molar-refractivity contribution in [3.8, 4) is 5.69 Å². The Hall–Kier alpha value is -4.29. The van der Waals surface area contributed by atoms with Gasteiger partial charge in [0, 0.05) is 35.6 Å². The first-order valence-corrected chi connectivity index (χ1v) is 14.1. The summed E-state index contributed by atoms with van der Waals surface area (Å²) in [4.78, 5) is 27.0. The Morgan fingerprint density at radius 3 is 2.10 bits per heavy atom. The number of carbonyl (C=O) groups excluding carboxylic acids is 2. The summed E-state index contributed by atoms with van der Waals surface area (Å²) in [6.45, 7) is 0.172. The van der Waals surface area contributed by atoms with Crippen molar-refractivity contribution in [3.05, 3.63) is 106 Å². The first-order valence-electron chi connectivity index (χ1n) is 12.2. The molecule has 41 heavy (non-hydrogen) atoms. The van der Waals surface area contributed by atoms with E-state index in [9.17, 15) is 31.2 Å². The molecule has 3 amide bonds. The molecule has 2 heterocycles. The monoisotopic (exact) mass is 602 g/mol. The Morgan fingerprint density at radius 1 is 0.902 bits per heavy atom. The molecule has 0 bridgehead atoms. The van der Waals surface area contributed by atoms with Gasteiger partial charge in [-0.05, 0) is 60.7 Å². The Balaban J connectivity index is 1.37. The van der Waals surface area contributed by atoms with Crippen molar-refractivity contribution in [1.29, 1.82) is 0 Å². The summed E-state index contributed by atoms with van der Waals surface area (Å²) in [5.74, 6) is -0.839. The maximum Gasteiger partial charge on any atom is 0.416 e. The number of primary amides is 1. The van der Waals surface area contributed by atoms with Gasteiger partial charge >= 0.3 is 12.2 Å². The second-order valence-electron chi connectivity index (χ2n) is 9.28. The average Bonchev–Trinajstić information content (AvgIpc) is 3.24. The Labute approximate surface area is 238 Å². The molecular formula is C28H22ClF3N4O4S. The van der Waals surface area contributed by atoms with Gasteiger partial charge in [0.1, 0.15) is 5.15 Å². The number of hydrogen-bond acceptors (Lipinski definition) is 4. The Bertz CT molecular complexity index is 1740. The highest BCUT2D eigenvalue weighted by atomic mass is 35.5. The van der Waals surface area contributed by atoms with E-state index in [4.69, 9.17) is 17.3 Å². The molecule has 3 aromatic carbocycles. The van der Waals surface area contributed by atoms with Gasteiger partial charge in [0.25, 0.3) is 5.91 Å². The molecule has 1 aromatic heterocycles. The molecule has 212 valence electrons. The van der Waals surface area contributed by atoms with Crippen LogP contribution in [-0.4, -0.2) is 36.4 Å². The number of nitrogens with two attached hydrogens (primary N) is 1. The number of rotatable bonds is 5. The van der Waals surface area contributed by atoms with Gasteiger partial charge in [-0.1, -0.05) is 29.8 Å². The lowest BCUT2D eigenvalue weighted by Gasteiger charge is -2.28. The van der Waals surface area contributed by atoms with Gasteiger partial charge in [0.05, 0.1) is 27.5 Å². The third-order valence-corrected chi connectivity index (χ3v) is 8.89. The molecule has 0 radical (unpaired) electrons. The van der Waals surface area contributed by atoms with Crippen LogP contribution in [0.25, 0.3) is 5.69 Å². The molecule has 0 saturated carbocycles. The van der Waals surface area contributed by atoms with Gasteiger partial charge in [-0.15, -0.1) is 0 Å². The van der Waals surface area contributed by atoms with E-state index in [1.807, 2.05) is 0 Å². The number of hydrogen-bond donors (Lipinski definition) is 2. The van der Waals surface area contributed by atoms with Crippen molar-refractivity contribution in [2.75, 3.05) is 11.9 Å². The summed E-state index contributed by atoms with van der Waals surface area (Å²) in [6.07, 6.45) is -4.27. The minimum Gasteiger partial charge on any atom is -0.365 e. The van der Waals surface area contributed by atoms with Gasteiger partial charge in [-0.2, -0.15) is 13.2 Å². The number of nitrogens with zero attached hydrogens (tertiary/aromatic N) is 2. The fraction of sp³-hybridized carbons (Fsp3) is 0.143. The first kappa shape index (κ1) is 28.2. The van der Waals surface area contributed by atoms with Crippen molar-refractivity contribution in [3.63, 3.8) is 0 Å². The summed E-state index contributed by atoms with van der Waals surface area (Å²) < 4.78 is 66.2. The smallest absolute Gasteiger partial charge is 0.365 e. The van der Waals surface area contributed by atoms with E-state index in [2.05, 4.69) is 5.32 Å². The highest BCUT2D eigenvalue weighted by molar-refractivity contribution is 7.91. The van der Waals surface area contributed by atoms with Crippen molar-refractivity contribution in [2.45, 2.75) is 28.9 Å². The molecular weight excluding hydrogens is 581 g/mol. The number of sulfone groups is 1. The average molecular weight is 603 g/mol. The lowest BCUT2D eigenvalue weighted by atomic mass is 10.0. The number of anilines is 1. The fourth-order valence-electron chi connectivity index (χ4n) is 4.73. The van der Waals surface area contributed by atoms with E-state index >= 15 is 0 Å². The zero-order valence-electron chi connectivity index (χ0n) is 21.2. The van der Waals surface area contributed by atoms with Crippen LogP contribution in [0.4, 0.5) is 23.7 Å². The zero-order chi connectivity index (χ0) is 29.5. The highest BCUT2D eigenvalue weighted by Crippen LogP contribution is 2.36. The number of carbonyl (C=O) groups is 2. The van der Waals surface area contributed by atoms with Crippen LogP contribution < -0.4 is 11.1 Å². The molecule has 0 spiro atoms. The summed E-state index contributed by atoms with van der Waals surface area (Å²) in [6, 6.07) is 17.5. The second kappa shape index (κ2) is 10.6. The summed E-state index contributed by atoms with van der Waals surface area (Å²) in [7, 11) is -3.72. The maximum absolute atomic E-state index is 13.1. The van der Waals surface area contributed by atoms with E-state index in [0.717, 1.165) is 12.1 Å². The number of urea groups is 1. The third-order valence-electron chi connectivity index (χ3n) is 6.75. The normalized spacial score (nSPS) is 13.5. The van der Waals surface area contributed by atoms with Crippen molar-refractivity contribution in [1.82, 2.24) is 9.47 Å². The van der Waals surface area contributed by atoms with E-state index in [-0.39, 0.29) is 40.0 Å². The third kappa shape index (κ3) is 5.40. The lowest BCUT2D eigenvalue weighted by molar-refractivity contribution is -0.137. The Morgan fingerprint density at radius 2 is 1.51 bits per heavy atom. The molecule has 4 aromatic rings. The summed E-state index contributed by atoms with van der Waals surface area (Å²) in [5.41, 5.74) is 6.36. The summed E-state index contributed by atoms with van der Waals surface area (Å²) >= 11 is 6.50. The van der Waals surface area contributed by atoms with Crippen LogP contribution in [0.3, 0.4) is 0 Å². The quantitative estimate of drug-likeness (QED) is 0.306. The first-order chi connectivity index (χ1) is 19.4. The molecule has 1 aliphatic rings. The van der Waals surface area contributed by atoms with E-state index in [1.54, 1.807) is 18.2 Å². The van der Waals surface area contributed by atoms with Crippen LogP contribution in [0.1, 0.15) is 27.2 Å². The van der Waals surface area contributed by atoms with Crippen LogP contribution in [0.2, 0.25) is 5.15 Å². The van der Waals surface area contributed by atoms with Crippen molar-refractivity contribution >= 4 is 39.1 Å². The van der Waals surface area contributed by atoms with E-state index in [0.29, 0.717) is 22.6 Å². The van der Waals surface area contributed by atoms with Gasteiger partial charge in [0.2, 0.25) is 9.84 Å². The molecule has 8 nitrogen and oxygen atoms in total. The molecule has 1 aliphatic heterocycles. The largest absolute Gasteiger partial charge is 0.416 e. The minimum atomic E-state index is -4.51. The molecule has 13 heteroatoms. The number of benzene rings is 3. The number of amides is 3. The molecule has 0 fully saturated rings. The van der Waals surface area contributed by atoms with E-state index < -0.39 is 33.5 Å². The van der Waals surface area contributed by atoms with E-state index in [1.165, 1.54) is 58.0 Å². The van der Waals surface area contributed by atoms with Crippen LogP contribution in [0.5, 0.6) is 0 Å². The zero-order valence-corrected chi connectivity index (χ0v) is 22.7. The Kier molecular flexibility index (Phi) is 7.30. The molecule has 3 N–H and O–H groups in total. The molecule has 5 rings (SSSR count). The van der Waals surface area contributed by atoms with Gasteiger partial charge in [0.15, 0.2) is 0 Å². The minimum absolute atomic E-state index is 0.0189. The molecule has 0 atom stereocenters. The fourth-order valence-corrected chi connectivity index (χ4v) is 6.41. The van der Waals surface area contributed by atoms with Crippen molar-refractivity contribution in [2.24, 2.45) is 5.73 Å². The second-order valence-corrected chi connectivity index (χ2v) is 11.6. The number of aromatic nitrogens is 1. The molecule has 0 aliphatic carbocycles. The lowest BCUT2D eigenvalue weighted by Crippen LogP contribution is -2.39. The number of nitrogens with one attached hydrogen (secondary N) is 1. The predicted molar refractivity (Wildman–Crippen MR) is 146 cm³/mol. The molecule has 0 saturated heterocycles. The van der Waals surface area contributed by atoms with Crippen LogP contribution >= 0.6 is 11.6 Å². The number of halogens is 4. The molecule has 0 unspecified atom stereocenters.